The highest BCUT2D eigenvalue weighted by atomic mass is 79.9. The number of nitrogens with two attached hydrogens (primary N) is 1. The predicted octanol–water partition coefficient (Wildman–Crippen LogP) is 1.13. The highest BCUT2D eigenvalue weighted by molar-refractivity contribution is 9.12. The largest absolute Gasteiger partial charge is 0.404 e. The Kier molecular flexibility index (Phi) is 3.58. The van der Waals surface area contributed by atoms with Crippen molar-refractivity contribution in [3.8, 4) is 0 Å². The van der Waals surface area contributed by atoms with Crippen LogP contribution in [0.25, 0.3) is 0 Å². The van der Waals surface area contributed by atoms with E-state index in [0.29, 0.717) is 22.1 Å². The monoisotopic (exact) mass is 256 g/mol. The molecular formula is C8H9BrN4O. The first-order valence-electron chi connectivity index (χ1n) is 3.77. The van der Waals surface area contributed by atoms with Crippen molar-refractivity contribution in [2.24, 2.45) is 17.8 Å². The minimum Gasteiger partial charge on any atom is -0.404 e. The molecule has 6 heteroatoms. The van der Waals surface area contributed by atoms with Crippen molar-refractivity contribution in [2.75, 3.05) is 0 Å². The molecule has 14 heavy (non-hydrogen) atoms. The molecule has 0 aliphatic rings. The third-order valence-corrected chi connectivity index (χ3v) is 2.00. The number of aromatic nitrogens is 2. The van der Waals surface area contributed by atoms with E-state index in [0.717, 1.165) is 0 Å². The van der Waals surface area contributed by atoms with Crippen LogP contribution in [0, 0.1) is 0 Å². The summed E-state index contributed by atoms with van der Waals surface area (Å²) in [6.45, 7) is 0. The topological polar surface area (TPSA) is 73.3 Å². The van der Waals surface area contributed by atoms with Crippen LogP contribution in [0.4, 0.5) is 5.82 Å². The summed E-state index contributed by atoms with van der Waals surface area (Å²) in [5, 5.41) is 3.90. The normalized spacial score (nSPS) is 12.3. The second-order valence-corrected chi connectivity index (χ2v) is 3.39. The molecule has 0 fully saturated rings. The van der Waals surface area contributed by atoms with Crippen LogP contribution < -0.4 is 5.73 Å². The van der Waals surface area contributed by atoms with Gasteiger partial charge in [-0.05, 0) is 15.9 Å². The molecular weight excluding hydrogens is 248 g/mol. The van der Waals surface area contributed by atoms with Crippen molar-refractivity contribution in [3.05, 3.63) is 22.4 Å². The maximum Gasteiger partial charge on any atom is 0.160 e. The molecule has 0 saturated heterocycles. The Morgan fingerprint density at radius 3 is 3.07 bits per heavy atom. The molecule has 0 aliphatic heterocycles. The molecule has 74 valence electrons. The van der Waals surface area contributed by atoms with Gasteiger partial charge in [-0.1, -0.05) is 0 Å². The molecule has 0 amide bonds. The van der Waals surface area contributed by atoms with Crippen LogP contribution in [0.3, 0.4) is 0 Å². The molecule has 0 saturated carbocycles. The van der Waals surface area contributed by atoms with Crippen LogP contribution in [-0.2, 0) is 7.05 Å². The van der Waals surface area contributed by atoms with Gasteiger partial charge in [-0.3, -0.25) is 9.48 Å². The molecule has 1 rings (SSSR count). The summed E-state index contributed by atoms with van der Waals surface area (Å²) in [7, 11) is 1.71. The molecule has 1 aromatic rings. The lowest BCUT2D eigenvalue weighted by atomic mass is 10.4. The quantitative estimate of drug-likeness (QED) is 0.651. The number of hydrogen-bond donors (Lipinski definition) is 1. The molecule has 5 nitrogen and oxygen atoms in total. The molecule has 0 aliphatic carbocycles. The Morgan fingerprint density at radius 1 is 1.79 bits per heavy atom. The fourth-order valence-electron chi connectivity index (χ4n) is 0.855. The number of aryl methyl sites for hydroxylation is 1. The number of carbonyl (C=O) groups excluding carboxylic acids is 1. The number of aldehydes is 1. The minimum atomic E-state index is 0.445. The summed E-state index contributed by atoms with van der Waals surface area (Å²) in [5.41, 5.74) is 5.67. The second-order valence-electron chi connectivity index (χ2n) is 2.47. The van der Waals surface area contributed by atoms with E-state index < -0.39 is 0 Å². The summed E-state index contributed by atoms with van der Waals surface area (Å²) in [5.74, 6) is 0.499. The first-order chi connectivity index (χ1) is 6.69. The minimum absolute atomic E-state index is 0.445. The Balaban J connectivity index is 3.01. The molecule has 0 radical (unpaired) electrons. The highest BCUT2D eigenvalue weighted by Gasteiger charge is 2.04. The molecule has 1 aromatic heterocycles. The third-order valence-electron chi connectivity index (χ3n) is 1.53. The predicted molar refractivity (Wildman–Crippen MR) is 57.9 cm³/mol. The van der Waals surface area contributed by atoms with E-state index in [9.17, 15) is 4.79 Å². The number of halogens is 1. The SMILES string of the molecule is Cn1ncc(C=O)c1/N=C/C(Br)=C\N. The van der Waals surface area contributed by atoms with Gasteiger partial charge in [0.15, 0.2) is 12.1 Å². The summed E-state index contributed by atoms with van der Waals surface area (Å²) in [6.07, 6.45) is 5.03. The number of carbonyl (C=O) groups is 1. The van der Waals surface area contributed by atoms with Gasteiger partial charge in [0.25, 0.3) is 0 Å². The fourth-order valence-corrected chi connectivity index (χ4v) is 0.958. The number of nitrogens with zero attached hydrogens (tertiary/aromatic N) is 3. The van der Waals surface area contributed by atoms with Gasteiger partial charge in [0, 0.05) is 19.5 Å². The van der Waals surface area contributed by atoms with Gasteiger partial charge in [0.1, 0.15) is 0 Å². The molecule has 0 unspecified atom stereocenters. The van der Waals surface area contributed by atoms with E-state index in [-0.39, 0.29) is 0 Å². The number of rotatable bonds is 3. The van der Waals surface area contributed by atoms with E-state index in [4.69, 9.17) is 5.73 Å². The number of aliphatic imine (C=N–C) groups is 1. The molecule has 0 bridgehead atoms. The van der Waals surface area contributed by atoms with Gasteiger partial charge in [-0.25, -0.2) is 4.99 Å². The Hall–Kier alpha value is -1.43. The van der Waals surface area contributed by atoms with Crippen LogP contribution in [0.15, 0.2) is 21.9 Å². The van der Waals surface area contributed by atoms with Crippen LogP contribution in [0.5, 0.6) is 0 Å². The third kappa shape index (κ3) is 2.29. The zero-order valence-corrected chi connectivity index (χ0v) is 9.10. The zero-order valence-electron chi connectivity index (χ0n) is 7.51. The molecule has 0 atom stereocenters. The first kappa shape index (κ1) is 10.6. The summed E-state index contributed by atoms with van der Waals surface area (Å²) in [6, 6.07) is 0. The molecule has 2 N–H and O–H groups in total. The standard InChI is InChI=1S/C8H9BrN4O/c1-13-8(6(5-14)3-12-13)11-4-7(9)2-10/h2-5H,10H2,1H3/b7-2+,11-4+. The van der Waals surface area contributed by atoms with Crippen LogP contribution in [-0.4, -0.2) is 22.3 Å². The van der Waals surface area contributed by atoms with E-state index in [2.05, 4.69) is 26.0 Å². The van der Waals surface area contributed by atoms with Gasteiger partial charge >= 0.3 is 0 Å². The van der Waals surface area contributed by atoms with Gasteiger partial charge in [0.2, 0.25) is 0 Å². The van der Waals surface area contributed by atoms with E-state index in [1.165, 1.54) is 23.3 Å². The van der Waals surface area contributed by atoms with E-state index >= 15 is 0 Å². The molecule has 0 spiro atoms. The van der Waals surface area contributed by atoms with E-state index in [1.807, 2.05) is 0 Å². The van der Waals surface area contributed by atoms with Gasteiger partial charge in [0.05, 0.1) is 16.2 Å². The smallest absolute Gasteiger partial charge is 0.160 e. The van der Waals surface area contributed by atoms with Gasteiger partial charge in [-0.15, -0.1) is 0 Å². The fraction of sp³-hybridized carbons (Fsp3) is 0.125. The summed E-state index contributed by atoms with van der Waals surface area (Å²) in [4.78, 5) is 14.6. The Labute approximate surface area is 89.4 Å². The van der Waals surface area contributed by atoms with Crippen molar-refractivity contribution in [1.29, 1.82) is 0 Å². The molecule has 0 aromatic carbocycles. The van der Waals surface area contributed by atoms with Crippen molar-refractivity contribution in [1.82, 2.24) is 9.78 Å². The Morgan fingerprint density at radius 2 is 2.50 bits per heavy atom. The average Bonchev–Trinajstić information content (AvgIpc) is 2.55. The second kappa shape index (κ2) is 4.71. The number of hydrogen-bond acceptors (Lipinski definition) is 4. The maximum atomic E-state index is 10.6. The van der Waals surface area contributed by atoms with Crippen molar-refractivity contribution >= 4 is 34.2 Å². The first-order valence-corrected chi connectivity index (χ1v) is 4.57. The van der Waals surface area contributed by atoms with Gasteiger partial charge in [-0.2, -0.15) is 5.10 Å². The zero-order chi connectivity index (χ0) is 10.6. The Bertz CT molecular complexity index is 394. The summed E-state index contributed by atoms with van der Waals surface area (Å²) < 4.78 is 2.15. The molecule has 1 heterocycles. The lowest BCUT2D eigenvalue weighted by Gasteiger charge is -1.94. The van der Waals surface area contributed by atoms with Crippen LogP contribution >= 0.6 is 15.9 Å². The summed E-state index contributed by atoms with van der Waals surface area (Å²) >= 11 is 3.16. The van der Waals surface area contributed by atoms with Gasteiger partial charge < -0.3 is 5.73 Å². The highest BCUT2D eigenvalue weighted by Crippen LogP contribution is 2.15. The van der Waals surface area contributed by atoms with Crippen molar-refractivity contribution in [2.45, 2.75) is 0 Å². The van der Waals surface area contributed by atoms with Crippen LogP contribution in [0.2, 0.25) is 0 Å². The van der Waals surface area contributed by atoms with Crippen molar-refractivity contribution in [3.63, 3.8) is 0 Å². The number of allylic oxidation sites excluding steroid dienone is 1. The lowest BCUT2D eigenvalue weighted by Crippen LogP contribution is -1.90. The lowest BCUT2D eigenvalue weighted by molar-refractivity contribution is 0.112. The van der Waals surface area contributed by atoms with E-state index in [1.54, 1.807) is 7.05 Å². The van der Waals surface area contributed by atoms with Crippen LogP contribution in [0.1, 0.15) is 10.4 Å². The van der Waals surface area contributed by atoms with Crippen molar-refractivity contribution < 1.29 is 4.79 Å². The average molecular weight is 257 g/mol. The maximum absolute atomic E-state index is 10.6.